The smallest absolute Gasteiger partial charge is 0.412 e. The molecule has 2 aromatic carbocycles. The largest absolute Gasteiger partial charge is 0.465 e. The van der Waals surface area contributed by atoms with E-state index >= 15 is 0 Å². The summed E-state index contributed by atoms with van der Waals surface area (Å²) in [5.74, 6) is -1.62. The number of carbonyl (C=O) groups is 1. The summed E-state index contributed by atoms with van der Waals surface area (Å²) in [5.41, 5.74) is 14.2. The van der Waals surface area contributed by atoms with Gasteiger partial charge in [0.2, 0.25) is 0 Å². The third-order valence-corrected chi connectivity index (χ3v) is 6.39. The number of fused-ring (bicyclic) bond motifs is 1. The topological polar surface area (TPSA) is 149 Å². The molecule has 5 aromatic rings. The van der Waals surface area contributed by atoms with E-state index in [1.807, 2.05) is 12.1 Å². The van der Waals surface area contributed by atoms with Crippen molar-refractivity contribution in [1.82, 2.24) is 24.7 Å². The van der Waals surface area contributed by atoms with Crippen molar-refractivity contribution in [1.29, 1.82) is 0 Å². The standard InChI is InChI=1S/C25H19F2IN8O2/c26-15-10-19-20(31-11-15)18(9-14-5-1-2-7-17(14)27)34-36(19)24-32-22(29)21(23(30)33-24)35(25(37)38)12-13-4-3-6-16(28)8-13/h1-8,10-11H,9,12H2,(H,37,38)(H4,29,30,32,33). The average molecular weight is 628 g/mol. The molecule has 192 valence electrons. The second-order valence-corrected chi connectivity index (χ2v) is 9.53. The predicted molar refractivity (Wildman–Crippen MR) is 146 cm³/mol. The number of nitrogen functional groups attached to an aromatic ring is 2. The minimum Gasteiger partial charge on any atom is -0.465 e. The number of carboxylic acid groups (broad SMARTS) is 1. The molecule has 0 aliphatic carbocycles. The Hall–Kier alpha value is -4.40. The van der Waals surface area contributed by atoms with Gasteiger partial charge in [-0.1, -0.05) is 30.3 Å². The Kier molecular flexibility index (Phi) is 6.75. The average Bonchev–Trinajstić information content (AvgIpc) is 3.21. The first-order chi connectivity index (χ1) is 18.2. The number of halogens is 3. The summed E-state index contributed by atoms with van der Waals surface area (Å²) in [5, 5.41) is 14.3. The van der Waals surface area contributed by atoms with Gasteiger partial charge in [0.05, 0.1) is 24.0 Å². The van der Waals surface area contributed by atoms with Gasteiger partial charge in [-0.25, -0.2) is 18.6 Å². The van der Waals surface area contributed by atoms with Crippen molar-refractivity contribution in [3.8, 4) is 5.95 Å². The number of benzene rings is 2. The normalized spacial score (nSPS) is 11.1. The molecule has 3 heterocycles. The van der Waals surface area contributed by atoms with Gasteiger partial charge in [0.15, 0.2) is 11.6 Å². The minimum atomic E-state index is -1.30. The maximum Gasteiger partial charge on any atom is 0.412 e. The van der Waals surface area contributed by atoms with E-state index in [2.05, 4.69) is 42.6 Å². The van der Waals surface area contributed by atoms with E-state index in [1.165, 1.54) is 16.8 Å². The highest BCUT2D eigenvalue weighted by Crippen LogP contribution is 2.31. The van der Waals surface area contributed by atoms with Gasteiger partial charge in [-0.15, -0.1) is 0 Å². The fourth-order valence-electron chi connectivity index (χ4n) is 4.04. The number of amides is 1. The molecule has 0 radical (unpaired) electrons. The van der Waals surface area contributed by atoms with Crippen molar-refractivity contribution in [2.75, 3.05) is 16.4 Å². The number of nitrogens with two attached hydrogens (primary N) is 2. The molecule has 0 spiro atoms. The van der Waals surface area contributed by atoms with Crippen LogP contribution >= 0.6 is 22.6 Å². The van der Waals surface area contributed by atoms with Gasteiger partial charge >= 0.3 is 6.09 Å². The maximum atomic E-state index is 14.3. The van der Waals surface area contributed by atoms with Crippen LogP contribution in [0.4, 0.5) is 30.9 Å². The van der Waals surface area contributed by atoms with Crippen LogP contribution in [0.1, 0.15) is 16.8 Å². The van der Waals surface area contributed by atoms with Crippen molar-refractivity contribution in [3.05, 3.63) is 92.8 Å². The molecule has 3 aromatic heterocycles. The van der Waals surface area contributed by atoms with Gasteiger partial charge in [0, 0.05) is 16.1 Å². The van der Waals surface area contributed by atoms with Gasteiger partial charge in [0.1, 0.15) is 22.8 Å². The van der Waals surface area contributed by atoms with Gasteiger partial charge in [0.25, 0.3) is 5.95 Å². The molecule has 0 saturated heterocycles. The Morgan fingerprint density at radius 2 is 1.79 bits per heavy atom. The second-order valence-electron chi connectivity index (χ2n) is 8.29. The van der Waals surface area contributed by atoms with Crippen molar-refractivity contribution < 1.29 is 18.7 Å². The first-order valence-electron chi connectivity index (χ1n) is 11.2. The van der Waals surface area contributed by atoms with E-state index in [0.717, 1.165) is 14.7 Å². The number of hydrogen-bond acceptors (Lipinski definition) is 7. The summed E-state index contributed by atoms with van der Waals surface area (Å²) >= 11 is 2.13. The second kappa shape index (κ2) is 10.2. The number of anilines is 3. The van der Waals surface area contributed by atoms with Crippen LogP contribution in [0.2, 0.25) is 0 Å². The van der Waals surface area contributed by atoms with E-state index in [-0.39, 0.29) is 41.8 Å². The molecule has 13 heteroatoms. The lowest BCUT2D eigenvalue weighted by atomic mass is 10.1. The highest BCUT2D eigenvalue weighted by molar-refractivity contribution is 14.1. The molecule has 0 bridgehead atoms. The fourth-order valence-corrected chi connectivity index (χ4v) is 4.64. The van der Waals surface area contributed by atoms with Crippen LogP contribution in [0, 0.1) is 15.2 Å². The molecule has 5 N–H and O–H groups in total. The lowest BCUT2D eigenvalue weighted by molar-refractivity contribution is 0.201. The third-order valence-electron chi connectivity index (χ3n) is 5.72. The summed E-state index contributed by atoms with van der Waals surface area (Å²) in [6.07, 6.45) is -0.205. The zero-order chi connectivity index (χ0) is 27.0. The number of hydrogen-bond donors (Lipinski definition) is 3. The highest BCUT2D eigenvalue weighted by Gasteiger charge is 2.25. The Balaban J connectivity index is 1.59. The molecule has 0 aliphatic heterocycles. The highest BCUT2D eigenvalue weighted by atomic mass is 127. The summed E-state index contributed by atoms with van der Waals surface area (Å²) < 4.78 is 30.6. The van der Waals surface area contributed by atoms with Crippen LogP contribution in [0.15, 0.2) is 60.8 Å². The predicted octanol–water partition coefficient (Wildman–Crippen LogP) is 4.53. The van der Waals surface area contributed by atoms with Crippen molar-refractivity contribution in [2.24, 2.45) is 0 Å². The first kappa shape index (κ1) is 25.3. The van der Waals surface area contributed by atoms with E-state index in [4.69, 9.17) is 11.5 Å². The van der Waals surface area contributed by atoms with Gasteiger partial charge in [-0.05, 0) is 51.9 Å². The van der Waals surface area contributed by atoms with E-state index < -0.39 is 17.7 Å². The number of rotatable bonds is 6. The Bertz CT molecular complexity index is 1670. The molecule has 0 unspecified atom stereocenters. The molecule has 10 nitrogen and oxygen atoms in total. The molecular formula is C25H19F2IN8O2. The number of pyridine rings is 1. The first-order valence-corrected chi connectivity index (χ1v) is 12.2. The van der Waals surface area contributed by atoms with Gasteiger partial charge in [-0.2, -0.15) is 19.7 Å². The molecule has 0 saturated carbocycles. The molecule has 5 rings (SSSR count). The van der Waals surface area contributed by atoms with E-state index in [0.29, 0.717) is 22.3 Å². The minimum absolute atomic E-state index is 0.0457. The van der Waals surface area contributed by atoms with Crippen LogP contribution in [0.5, 0.6) is 0 Å². The van der Waals surface area contributed by atoms with E-state index in [9.17, 15) is 18.7 Å². The summed E-state index contributed by atoms with van der Waals surface area (Å²) in [6, 6.07) is 14.7. The number of aromatic nitrogens is 5. The maximum absolute atomic E-state index is 14.3. The molecule has 1 amide bonds. The number of nitrogens with zero attached hydrogens (tertiary/aromatic N) is 6. The van der Waals surface area contributed by atoms with Gasteiger partial charge in [-0.3, -0.25) is 4.90 Å². The SMILES string of the molecule is Nc1nc(-n2nc(Cc3ccccc3F)c3ncc(F)cc32)nc(N)c1N(Cc1cccc(I)c1)C(=O)O. The lowest BCUT2D eigenvalue weighted by Gasteiger charge is -2.22. The monoisotopic (exact) mass is 628 g/mol. The van der Waals surface area contributed by atoms with Crippen LogP contribution < -0.4 is 16.4 Å². The summed E-state index contributed by atoms with van der Waals surface area (Å²) in [4.78, 5) is 25.7. The molecule has 0 atom stereocenters. The Morgan fingerprint density at radius 3 is 2.47 bits per heavy atom. The Labute approximate surface area is 228 Å². The van der Waals surface area contributed by atoms with Crippen LogP contribution in [0.25, 0.3) is 17.0 Å². The lowest BCUT2D eigenvalue weighted by Crippen LogP contribution is -2.31. The quantitative estimate of drug-likeness (QED) is 0.232. The van der Waals surface area contributed by atoms with Crippen LogP contribution in [-0.2, 0) is 13.0 Å². The molecular weight excluding hydrogens is 609 g/mol. The van der Waals surface area contributed by atoms with Crippen LogP contribution in [0.3, 0.4) is 0 Å². The zero-order valence-electron chi connectivity index (χ0n) is 19.5. The van der Waals surface area contributed by atoms with Crippen molar-refractivity contribution in [2.45, 2.75) is 13.0 Å². The van der Waals surface area contributed by atoms with Crippen LogP contribution in [-0.4, -0.2) is 35.9 Å². The van der Waals surface area contributed by atoms with E-state index in [1.54, 1.807) is 30.3 Å². The third kappa shape index (κ3) is 4.91. The zero-order valence-corrected chi connectivity index (χ0v) is 21.7. The molecule has 38 heavy (non-hydrogen) atoms. The van der Waals surface area contributed by atoms with Crippen molar-refractivity contribution in [3.63, 3.8) is 0 Å². The Morgan fingerprint density at radius 1 is 1.05 bits per heavy atom. The summed E-state index contributed by atoms with van der Waals surface area (Å²) in [7, 11) is 0. The molecule has 0 aliphatic rings. The fraction of sp³-hybridized carbons (Fsp3) is 0.0800. The molecule has 0 fully saturated rings. The van der Waals surface area contributed by atoms with Crippen molar-refractivity contribution >= 4 is 57.0 Å². The van der Waals surface area contributed by atoms with Gasteiger partial charge < -0.3 is 16.6 Å². The summed E-state index contributed by atoms with van der Waals surface area (Å²) in [6.45, 7) is -0.0457.